The van der Waals surface area contributed by atoms with Crippen LogP contribution in [-0.2, 0) is 22.6 Å². The number of hydrogen-bond donors (Lipinski definition) is 2. The van der Waals surface area contributed by atoms with E-state index >= 15 is 0 Å². The van der Waals surface area contributed by atoms with Crippen LogP contribution in [0.15, 0.2) is 6.08 Å². The van der Waals surface area contributed by atoms with Gasteiger partial charge in [0.05, 0.1) is 12.3 Å². The summed E-state index contributed by atoms with van der Waals surface area (Å²) in [4.78, 5) is 32.1. The number of hydrogen-bond acceptors (Lipinski definition) is 5. The molecule has 1 aromatic rings. The molecule has 0 saturated carbocycles. The normalized spacial score (nSPS) is 18.1. The van der Waals surface area contributed by atoms with Crippen molar-refractivity contribution in [2.24, 2.45) is 5.92 Å². The SMILES string of the molecule is CNC(=O)[C@H](CC(C)C)NC(=O)c1nc(C2=CCCCO2)n2c1CN(C)CC2. The van der Waals surface area contributed by atoms with Crippen LogP contribution in [-0.4, -0.2) is 59.6 Å². The number of nitrogens with zero attached hydrogens (tertiary/aromatic N) is 3. The van der Waals surface area contributed by atoms with Gasteiger partial charge in [0.25, 0.3) is 5.91 Å². The van der Waals surface area contributed by atoms with Crippen LogP contribution in [0.5, 0.6) is 0 Å². The standard InChI is InChI=1S/C20H31N5O3/c1-13(2)11-14(19(26)21-3)22-20(27)17-15-12-24(4)8-9-25(15)18(23-17)16-7-5-6-10-28-16/h7,13-14H,5-6,8-12H2,1-4H3,(H,21,26)(H,22,27)/t14-/m0/s1. The molecule has 3 heterocycles. The Morgan fingerprint density at radius 2 is 2.11 bits per heavy atom. The van der Waals surface area contributed by atoms with Gasteiger partial charge < -0.3 is 19.9 Å². The molecule has 0 unspecified atom stereocenters. The van der Waals surface area contributed by atoms with E-state index in [9.17, 15) is 9.59 Å². The zero-order valence-corrected chi connectivity index (χ0v) is 17.2. The van der Waals surface area contributed by atoms with Crippen LogP contribution in [0.4, 0.5) is 0 Å². The Morgan fingerprint density at radius 1 is 1.32 bits per heavy atom. The summed E-state index contributed by atoms with van der Waals surface area (Å²) >= 11 is 0. The molecule has 0 aromatic carbocycles. The maximum absolute atomic E-state index is 13.1. The number of likely N-dealkylation sites (N-methyl/N-ethyl adjacent to an activating group) is 2. The fourth-order valence-electron chi connectivity index (χ4n) is 3.68. The van der Waals surface area contributed by atoms with Gasteiger partial charge in [-0.3, -0.25) is 14.5 Å². The predicted octanol–water partition coefficient (Wildman–Crippen LogP) is 1.37. The van der Waals surface area contributed by atoms with Crippen molar-refractivity contribution >= 4 is 17.6 Å². The third-order valence-corrected chi connectivity index (χ3v) is 5.14. The molecule has 8 heteroatoms. The maximum atomic E-state index is 13.1. The summed E-state index contributed by atoms with van der Waals surface area (Å²) in [6, 6.07) is -0.579. The van der Waals surface area contributed by atoms with Gasteiger partial charge in [-0.1, -0.05) is 13.8 Å². The fourth-order valence-corrected chi connectivity index (χ4v) is 3.68. The van der Waals surface area contributed by atoms with E-state index in [2.05, 4.69) is 25.1 Å². The molecule has 1 atom stereocenters. The number of allylic oxidation sites excluding steroid dienone is 1. The molecule has 8 nitrogen and oxygen atoms in total. The minimum atomic E-state index is -0.579. The molecule has 0 radical (unpaired) electrons. The molecule has 2 aliphatic heterocycles. The summed E-state index contributed by atoms with van der Waals surface area (Å²) in [6.07, 6.45) is 4.57. The second kappa shape index (κ2) is 8.77. The Labute approximate surface area is 166 Å². The van der Waals surface area contributed by atoms with E-state index < -0.39 is 6.04 Å². The van der Waals surface area contributed by atoms with E-state index in [-0.39, 0.29) is 17.7 Å². The lowest BCUT2D eigenvalue weighted by Crippen LogP contribution is -2.46. The summed E-state index contributed by atoms with van der Waals surface area (Å²) in [5.41, 5.74) is 1.26. The number of fused-ring (bicyclic) bond motifs is 1. The highest BCUT2D eigenvalue weighted by atomic mass is 16.5. The number of aromatic nitrogens is 2. The lowest BCUT2D eigenvalue weighted by molar-refractivity contribution is -0.122. The number of rotatable bonds is 6. The van der Waals surface area contributed by atoms with Crippen molar-refractivity contribution in [3.05, 3.63) is 23.3 Å². The minimum absolute atomic E-state index is 0.189. The summed E-state index contributed by atoms with van der Waals surface area (Å²) in [5, 5.41) is 5.53. The summed E-state index contributed by atoms with van der Waals surface area (Å²) in [5.74, 6) is 1.25. The highest BCUT2D eigenvalue weighted by molar-refractivity contribution is 5.97. The number of imidazole rings is 1. The second-order valence-electron chi connectivity index (χ2n) is 7.95. The summed E-state index contributed by atoms with van der Waals surface area (Å²) < 4.78 is 7.89. The average Bonchev–Trinajstić information content (AvgIpc) is 3.05. The van der Waals surface area contributed by atoms with E-state index in [4.69, 9.17) is 4.74 Å². The Morgan fingerprint density at radius 3 is 2.75 bits per heavy atom. The van der Waals surface area contributed by atoms with Gasteiger partial charge in [0.2, 0.25) is 5.91 Å². The average molecular weight is 390 g/mol. The number of amides is 2. The van der Waals surface area contributed by atoms with Crippen molar-refractivity contribution in [2.75, 3.05) is 27.2 Å². The van der Waals surface area contributed by atoms with Gasteiger partial charge >= 0.3 is 0 Å². The first-order valence-corrected chi connectivity index (χ1v) is 10.0. The van der Waals surface area contributed by atoms with Gasteiger partial charge in [-0.15, -0.1) is 0 Å². The molecule has 0 aliphatic carbocycles. The van der Waals surface area contributed by atoms with Crippen molar-refractivity contribution in [3.63, 3.8) is 0 Å². The van der Waals surface area contributed by atoms with Crippen molar-refractivity contribution in [3.8, 4) is 0 Å². The second-order valence-corrected chi connectivity index (χ2v) is 7.95. The third-order valence-electron chi connectivity index (χ3n) is 5.14. The van der Waals surface area contributed by atoms with Gasteiger partial charge in [0.15, 0.2) is 17.3 Å². The maximum Gasteiger partial charge on any atom is 0.272 e. The quantitative estimate of drug-likeness (QED) is 0.767. The molecule has 1 aromatic heterocycles. The highest BCUT2D eigenvalue weighted by Crippen LogP contribution is 2.26. The lowest BCUT2D eigenvalue weighted by Gasteiger charge is -2.26. The molecular formula is C20H31N5O3. The van der Waals surface area contributed by atoms with Crippen LogP contribution in [0.1, 0.15) is 55.1 Å². The van der Waals surface area contributed by atoms with Gasteiger partial charge in [-0.2, -0.15) is 0 Å². The third kappa shape index (κ3) is 4.38. The monoisotopic (exact) mass is 389 g/mol. The summed E-state index contributed by atoms with van der Waals surface area (Å²) in [6.45, 7) is 7.01. The first kappa shape index (κ1) is 20.4. The molecule has 0 fully saturated rings. The number of ether oxygens (including phenoxy) is 1. The summed E-state index contributed by atoms with van der Waals surface area (Å²) in [7, 11) is 3.61. The molecule has 2 aliphatic rings. The molecule has 2 amide bonds. The highest BCUT2D eigenvalue weighted by Gasteiger charge is 2.30. The molecule has 28 heavy (non-hydrogen) atoms. The van der Waals surface area contributed by atoms with Crippen LogP contribution in [0, 0.1) is 5.92 Å². The van der Waals surface area contributed by atoms with E-state index in [0.717, 1.165) is 37.4 Å². The number of carbonyl (C=O) groups excluding carboxylic acids is 2. The molecule has 154 valence electrons. The zero-order valence-electron chi connectivity index (χ0n) is 17.2. The Hall–Kier alpha value is -2.35. The first-order chi connectivity index (χ1) is 13.4. The minimum Gasteiger partial charge on any atom is -0.490 e. The van der Waals surface area contributed by atoms with Crippen molar-refractivity contribution in [1.29, 1.82) is 0 Å². The van der Waals surface area contributed by atoms with Gasteiger partial charge in [-0.05, 0) is 38.3 Å². The van der Waals surface area contributed by atoms with Crippen LogP contribution in [0.3, 0.4) is 0 Å². The van der Waals surface area contributed by atoms with Crippen LogP contribution < -0.4 is 10.6 Å². The molecule has 3 rings (SSSR count). The Bertz CT molecular complexity index is 768. The van der Waals surface area contributed by atoms with Crippen molar-refractivity contribution < 1.29 is 14.3 Å². The largest absolute Gasteiger partial charge is 0.490 e. The number of carbonyl (C=O) groups is 2. The van der Waals surface area contributed by atoms with Crippen molar-refractivity contribution in [1.82, 2.24) is 25.1 Å². The van der Waals surface area contributed by atoms with Crippen molar-refractivity contribution in [2.45, 2.75) is 52.2 Å². The molecule has 0 bridgehead atoms. The van der Waals surface area contributed by atoms with E-state index in [1.165, 1.54) is 0 Å². The topological polar surface area (TPSA) is 88.5 Å². The molecule has 0 spiro atoms. The molecule has 2 N–H and O–H groups in total. The Kier molecular flexibility index (Phi) is 6.39. The van der Waals surface area contributed by atoms with E-state index in [0.29, 0.717) is 31.1 Å². The van der Waals surface area contributed by atoms with Gasteiger partial charge in [0.1, 0.15) is 6.04 Å². The first-order valence-electron chi connectivity index (χ1n) is 10.0. The van der Waals surface area contributed by atoms with Gasteiger partial charge in [0, 0.05) is 26.7 Å². The van der Waals surface area contributed by atoms with Gasteiger partial charge in [-0.25, -0.2) is 4.98 Å². The molecular weight excluding hydrogens is 358 g/mol. The van der Waals surface area contributed by atoms with E-state index in [1.54, 1.807) is 7.05 Å². The van der Waals surface area contributed by atoms with Crippen LogP contribution in [0.2, 0.25) is 0 Å². The van der Waals surface area contributed by atoms with E-state index in [1.807, 2.05) is 27.0 Å². The predicted molar refractivity (Wildman–Crippen MR) is 106 cm³/mol. The Balaban J connectivity index is 1.91. The lowest BCUT2D eigenvalue weighted by atomic mass is 10.0. The molecule has 0 saturated heterocycles. The zero-order chi connectivity index (χ0) is 20.3. The van der Waals surface area contributed by atoms with Crippen LogP contribution in [0.25, 0.3) is 5.76 Å². The van der Waals surface area contributed by atoms with Crippen LogP contribution >= 0.6 is 0 Å². The smallest absolute Gasteiger partial charge is 0.272 e. The number of nitrogens with one attached hydrogen (secondary N) is 2. The fraction of sp³-hybridized carbons (Fsp3) is 0.650.